The molecule has 1 unspecified atom stereocenters. The Balaban J connectivity index is 0.000000397. The summed E-state index contributed by atoms with van der Waals surface area (Å²) in [6.45, 7) is 13.6. The van der Waals surface area contributed by atoms with Gasteiger partial charge in [0.15, 0.2) is 21.8 Å². The van der Waals surface area contributed by atoms with Gasteiger partial charge in [-0.25, -0.2) is 4.78 Å². The van der Waals surface area contributed by atoms with E-state index in [1.165, 1.54) is 33.0 Å². The Morgan fingerprint density at radius 2 is 0.979 bits per heavy atom. The Morgan fingerprint density at radius 3 is 1.19 bits per heavy atom. The average molecular weight is 930 g/mol. The second-order valence-corrected chi connectivity index (χ2v) is 21.7. The van der Waals surface area contributed by atoms with Gasteiger partial charge in [0, 0.05) is 2.97 Å². The van der Waals surface area contributed by atoms with Crippen molar-refractivity contribution in [2.24, 2.45) is 5.64 Å². The zero-order valence-corrected chi connectivity index (χ0v) is 36.0. The van der Waals surface area contributed by atoms with Crippen LogP contribution < -0.4 is 26.8 Å². The molecule has 0 fully saturated rings. The molecule has 0 saturated carbocycles. The first-order chi connectivity index (χ1) is 23.8. The minimum atomic E-state index is -0.0703. The highest BCUT2D eigenvalue weighted by Gasteiger charge is 2.27. The minimum absolute atomic E-state index is 0.0146. The quantitative estimate of drug-likeness (QED) is 0.0790. The van der Waals surface area contributed by atoms with Gasteiger partial charge >= 0.3 is 25.6 Å². The van der Waals surface area contributed by atoms with Crippen LogP contribution in [0.4, 0.5) is 0 Å². The molecule has 248 valence electrons. The standard InChI is InChI=1S/C20H26I.C18H15S.BH4INP.H2NPS.H2/c1-19(2,3)15-7-11-17(12-8-15)21-18-13-9-16(10-14-18)20(4,5)6;1-4-10-16(11-5-1)19(17-12-6-2-7-13-17)18-14-8-3-9-15-18;2-1(3)4;1-3-2;/h7-14H,1-6H3;1-15H;3-4H2;1-2H;1H/q2*+1;;;/i;;;2T;1+2D. The van der Waals surface area contributed by atoms with Crippen molar-refractivity contribution in [2.45, 2.75) is 67.1 Å². The van der Waals surface area contributed by atoms with Gasteiger partial charge in [0.1, 0.15) is 1.28 Å². The number of nitrogens with two attached hydrogens (primary N) is 1. The largest absolute Gasteiger partial charge is 0.357 e. The maximum Gasteiger partial charge on any atom is 0.357 e. The van der Waals surface area contributed by atoms with Gasteiger partial charge in [0.05, 0.1) is 10.9 Å². The minimum Gasteiger partial charge on any atom is -0.357 e. The molecular weight excluding hydrogens is 875 g/mol. The van der Waals surface area contributed by atoms with Crippen molar-refractivity contribution in [3.8, 4) is 0 Å². The van der Waals surface area contributed by atoms with E-state index in [0.717, 1.165) is 10.7 Å². The van der Waals surface area contributed by atoms with Crippen LogP contribution in [-0.2, 0) is 32.5 Å². The summed E-state index contributed by atoms with van der Waals surface area (Å²) in [5, 5.41) is 0. The van der Waals surface area contributed by atoms with Gasteiger partial charge in [0.25, 0.3) is 0 Å². The summed E-state index contributed by atoms with van der Waals surface area (Å²) in [5.74, 6) is 0. The van der Waals surface area contributed by atoms with Crippen molar-refractivity contribution in [3.63, 3.8) is 0 Å². The summed E-state index contributed by atoms with van der Waals surface area (Å²) < 4.78 is 25.6. The fraction of sp³-hybridized carbons (Fsp3) is 0.211. The Morgan fingerprint density at radius 1 is 0.723 bits per heavy atom. The van der Waals surface area contributed by atoms with Gasteiger partial charge in [-0.15, -0.1) is 31.5 Å². The third-order valence-electron chi connectivity index (χ3n) is 6.58. The Labute approximate surface area is 323 Å². The summed E-state index contributed by atoms with van der Waals surface area (Å²) in [6, 6.07) is 50.6. The van der Waals surface area contributed by atoms with Crippen molar-refractivity contribution in [2.75, 3.05) is 0 Å². The highest BCUT2D eigenvalue weighted by atomic mass is 127. The summed E-state index contributed by atoms with van der Waals surface area (Å²) in [7, 11) is 3.48. The van der Waals surface area contributed by atoms with E-state index in [9.17, 15) is 0 Å². The van der Waals surface area contributed by atoms with Gasteiger partial charge in [-0.3, -0.25) is 0 Å². The molecule has 0 amide bonds. The predicted octanol–water partition coefficient (Wildman–Crippen LogP) is 8.57. The fourth-order valence-electron chi connectivity index (χ4n) is 4.23. The van der Waals surface area contributed by atoms with Gasteiger partial charge < -0.3 is 5.64 Å². The Hall–Kier alpha value is -1.32. The molecule has 0 aliphatic rings. The molecule has 1 atom stereocenters. The lowest BCUT2D eigenvalue weighted by atomic mass is 9.87. The second kappa shape index (κ2) is 21.7. The molecule has 0 aliphatic carbocycles. The molecule has 0 saturated heterocycles. The number of benzene rings is 5. The summed E-state index contributed by atoms with van der Waals surface area (Å²) >= 11 is 2.01. The Bertz CT molecular complexity index is 1510. The normalized spacial score (nSPS) is 11.2. The maximum atomic E-state index is 6.20. The first-order valence-electron chi connectivity index (χ1n) is 16.6. The van der Waals surface area contributed by atoms with Crippen molar-refractivity contribution in [3.05, 3.63) is 158 Å². The van der Waals surface area contributed by atoms with E-state index >= 15 is 0 Å². The Kier molecular flexibility index (Phi) is 17.8. The molecule has 0 heterocycles. The third kappa shape index (κ3) is 16.3. The van der Waals surface area contributed by atoms with Crippen LogP contribution in [-0.4, -0.2) is 5.70 Å². The molecule has 3 N–H and O–H groups in total. The molecule has 0 radical (unpaired) electrons. The van der Waals surface area contributed by atoms with E-state index < -0.39 is 0 Å². The average Bonchev–Trinajstić information content (AvgIpc) is 3.11. The highest BCUT2D eigenvalue weighted by Crippen LogP contribution is 2.30. The number of hydrogen-bond donors (Lipinski definition) is 2. The highest BCUT2D eigenvalue weighted by molar-refractivity contribution is 14.1. The number of halogens is 2. The van der Waals surface area contributed by atoms with Crippen molar-refractivity contribution in [1.29, 1.82) is 6.06 Å². The molecule has 2 nitrogen and oxygen atoms in total. The lowest BCUT2D eigenvalue weighted by molar-refractivity contribution is -0.597. The van der Waals surface area contributed by atoms with Gasteiger partial charge in [0.2, 0.25) is 0 Å². The number of nitrogens with one attached hydrogen (secondary N) is 1. The lowest BCUT2D eigenvalue weighted by Gasteiger charge is -2.18. The lowest BCUT2D eigenvalue weighted by Crippen LogP contribution is -3.61. The molecule has 9 heteroatoms. The molecule has 0 aromatic heterocycles. The van der Waals surface area contributed by atoms with Crippen molar-refractivity contribution >= 4 is 65.5 Å². The van der Waals surface area contributed by atoms with E-state index in [2.05, 4.69) is 213 Å². The summed E-state index contributed by atoms with van der Waals surface area (Å²) in [5.41, 5.74) is 8.37. The van der Waals surface area contributed by atoms with Gasteiger partial charge in [-0.1, -0.05) is 120 Å². The van der Waals surface area contributed by atoms with Gasteiger partial charge in [-0.2, -0.15) is 0 Å². The van der Waals surface area contributed by atoms with E-state index in [1.807, 2.05) is 0 Å². The van der Waals surface area contributed by atoms with Crippen LogP contribution in [0, 0.1) is 11.9 Å². The maximum absolute atomic E-state index is 6.20. The van der Waals surface area contributed by atoms with Crippen LogP contribution >= 0.6 is 39.5 Å². The van der Waals surface area contributed by atoms with Crippen LogP contribution in [0.25, 0.3) is 0 Å². The zero-order valence-electron chi connectivity index (χ0n) is 31.0. The smallest absolute Gasteiger partial charge is 0.357 e. The van der Waals surface area contributed by atoms with Crippen LogP contribution in [0.3, 0.4) is 0 Å². The summed E-state index contributed by atoms with van der Waals surface area (Å²) in [4.78, 5) is 4.08. The molecule has 0 aliphatic heterocycles. The third-order valence-corrected chi connectivity index (χ3v) is 11.5. The topological polar surface area (TPSA) is 49.9 Å². The monoisotopic (exact) mass is 929 g/mol. The first-order valence-corrected chi connectivity index (χ1v) is 22.3. The molecule has 47 heavy (non-hydrogen) atoms. The predicted molar refractivity (Wildman–Crippen MR) is 223 cm³/mol. The molecule has 5 aromatic rings. The second-order valence-electron chi connectivity index (χ2n) is 12.4. The van der Waals surface area contributed by atoms with Crippen LogP contribution in [0.5, 0.6) is 0 Å². The van der Waals surface area contributed by atoms with E-state index in [0.29, 0.717) is 7.96 Å². The SMILES string of the molecule is CC(C)(C)c1ccc([I+]c2ccc(C(C)(C)C)cc2)cc1.NB(P)I.[2H][3H].[3H]P=S=N.c1ccc([S+](c2ccccc2)c2ccccc2)cc1. The van der Waals surface area contributed by atoms with E-state index in [4.69, 9.17) is 14.7 Å². The van der Waals surface area contributed by atoms with Crippen LogP contribution in [0.2, 0.25) is 0 Å². The van der Waals surface area contributed by atoms with Crippen molar-refractivity contribution in [1.82, 2.24) is 0 Å². The number of rotatable bonds is 5. The van der Waals surface area contributed by atoms with Crippen LogP contribution in [0.1, 0.15) is 55.6 Å². The summed E-state index contributed by atoms with van der Waals surface area (Å²) in [6.07, 6.45) is 0. The van der Waals surface area contributed by atoms with E-state index in [-0.39, 0.29) is 47.4 Å². The molecule has 5 aromatic carbocycles. The van der Waals surface area contributed by atoms with E-state index in [1.54, 1.807) is 0 Å². The molecule has 0 spiro atoms. The van der Waals surface area contributed by atoms with Crippen molar-refractivity contribution < 1.29 is 24.2 Å². The molecule has 5 rings (SSSR count). The van der Waals surface area contributed by atoms with Gasteiger partial charge in [-0.05, 0) is 101 Å². The molecule has 0 bridgehead atoms. The van der Waals surface area contributed by atoms with Crippen LogP contribution in [0.15, 0.2) is 154 Å². The first kappa shape index (κ1) is 38.5. The number of hydrogen-bond acceptors (Lipinski definition) is 2. The fourth-order valence-corrected chi connectivity index (χ4v) is 8.49. The zero-order chi connectivity index (χ0) is 37.6. The molecular formula is C38H49BI2N2P2S2+2.